The molecule has 0 amide bonds. The number of hydrogen-bond acceptors (Lipinski definition) is 3. The molecule has 0 atom stereocenters. The summed E-state index contributed by atoms with van der Waals surface area (Å²) in [5, 5.41) is 0. The second-order valence-electron chi connectivity index (χ2n) is 6.72. The van der Waals surface area contributed by atoms with Crippen LogP contribution >= 0.6 is 0 Å². The molecule has 4 nitrogen and oxygen atoms in total. The minimum atomic E-state index is -2.87. The second-order valence-corrected chi connectivity index (χ2v) is 6.72. The molecule has 0 radical (unpaired) electrons. The minimum absolute atomic E-state index is 0.0828. The van der Waals surface area contributed by atoms with Gasteiger partial charge in [0.2, 0.25) is 0 Å². The fourth-order valence-electron chi connectivity index (χ4n) is 2.91. The van der Waals surface area contributed by atoms with E-state index in [0.29, 0.717) is 24.8 Å². The summed E-state index contributed by atoms with van der Waals surface area (Å²) in [6, 6.07) is 11.1. The molecule has 0 saturated heterocycles. The zero-order valence-electron chi connectivity index (χ0n) is 14.7. The Labute approximate surface area is 156 Å². The molecule has 0 bridgehead atoms. The zero-order chi connectivity index (χ0) is 18.6. The van der Waals surface area contributed by atoms with Gasteiger partial charge in [-0.15, -0.1) is 0 Å². The van der Waals surface area contributed by atoms with E-state index < -0.39 is 6.61 Å². The van der Waals surface area contributed by atoms with Gasteiger partial charge < -0.3 is 14.0 Å². The summed E-state index contributed by atoms with van der Waals surface area (Å²) in [5.41, 5.74) is 3.15. The van der Waals surface area contributed by atoms with E-state index in [1.165, 1.54) is 0 Å². The fraction of sp³-hybridized carbons (Fsp3) is 0.286. The third-order valence-electron chi connectivity index (χ3n) is 4.52. The number of benzene rings is 1. The lowest BCUT2D eigenvalue weighted by atomic mass is 10.1. The van der Waals surface area contributed by atoms with Crippen LogP contribution in [0.5, 0.6) is 11.5 Å². The normalized spacial score (nSPS) is 13.7. The van der Waals surface area contributed by atoms with Crippen LogP contribution in [-0.2, 0) is 6.54 Å². The molecule has 0 aliphatic heterocycles. The van der Waals surface area contributed by atoms with Crippen molar-refractivity contribution < 1.29 is 18.3 Å². The molecule has 1 aliphatic carbocycles. The van der Waals surface area contributed by atoms with Crippen molar-refractivity contribution in [1.82, 2.24) is 9.55 Å². The molecule has 2 aromatic heterocycles. The van der Waals surface area contributed by atoms with Crippen LogP contribution in [0.15, 0.2) is 61.2 Å². The molecule has 0 unspecified atom stereocenters. The second kappa shape index (κ2) is 7.78. The Bertz CT molecular complexity index is 892. The first-order chi connectivity index (χ1) is 13.2. The van der Waals surface area contributed by atoms with Gasteiger partial charge in [0.15, 0.2) is 11.5 Å². The Balaban J connectivity index is 1.51. The SMILES string of the molecule is FC(F)Oc1ccc(Cn2ccc(-c3ccncc3)c2)cc1OCC1CC1. The minimum Gasteiger partial charge on any atom is -0.489 e. The van der Waals surface area contributed by atoms with Crippen molar-refractivity contribution >= 4 is 0 Å². The van der Waals surface area contributed by atoms with Crippen LogP contribution < -0.4 is 9.47 Å². The number of ether oxygens (including phenoxy) is 2. The van der Waals surface area contributed by atoms with Crippen molar-refractivity contribution in [2.75, 3.05) is 6.61 Å². The van der Waals surface area contributed by atoms with Crippen molar-refractivity contribution in [3.05, 3.63) is 66.7 Å². The average Bonchev–Trinajstić information content (AvgIpc) is 3.39. The summed E-state index contributed by atoms with van der Waals surface area (Å²) in [7, 11) is 0. The van der Waals surface area contributed by atoms with Gasteiger partial charge in [-0.05, 0) is 65.8 Å². The number of hydrogen-bond donors (Lipinski definition) is 0. The summed E-state index contributed by atoms with van der Waals surface area (Å²) in [6.45, 7) is -1.72. The van der Waals surface area contributed by atoms with E-state index in [1.807, 2.05) is 35.2 Å². The van der Waals surface area contributed by atoms with E-state index in [-0.39, 0.29) is 5.75 Å². The van der Waals surface area contributed by atoms with Crippen molar-refractivity contribution in [3.8, 4) is 22.6 Å². The van der Waals surface area contributed by atoms with Crippen molar-refractivity contribution in [1.29, 1.82) is 0 Å². The van der Waals surface area contributed by atoms with Gasteiger partial charge in [0.05, 0.1) is 6.61 Å². The van der Waals surface area contributed by atoms with E-state index in [2.05, 4.69) is 9.72 Å². The van der Waals surface area contributed by atoms with Gasteiger partial charge in [-0.1, -0.05) is 6.07 Å². The third kappa shape index (κ3) is 4.64. The first kappa shape index (κ1) is 17.5. The first-order valence-corrected chi connectivity index (χ1v) is 8.94. The maximum Gasteiger partial charge on any atom is 0.387 e. The molecule has 1 aromatic carbocycles. The monoisotopic (exact) mass is 370 g/mol. The summed E-state index contributed by atoms with van der Waals surface area (Å²) in [5.74, 6) is 0.987. The summed E-state index contributed by atoms with van der Waals surface area (Å²) in [6.07, 6.45) is 9.82. The van der Waals surface area contributed by atoms with Crippen LogP contribution in [0.25, 0.3) is 11.1 Å². The molecule has 140 valence electrons. The van der Waals surface area contributed by atoms with Gasteiger partial charge in [-0.25, -0.2) is 0 Å². The Hall–Kier alpha value is -2.89. The Kier molecular flexibility index (Phi) is 5.05. The van der Waals surface area contributed by atoms with E-state index in [4.69, 9.17) is 4.74 Å². The van der Waals surface area contributed by atoms with E-state index in [0.717, 1.165) is 29.5 Å². The number of nitrogens with zero attached hydrogens (tertiary/aromatic N) is 2. The molecule has 0 spiro atoms. The predicted molar refractivity (Wildman–Crippen MR) is 98.1 cm³/mol. The molecule has 1 fully saturated rings. The Morgan fingerprint density at radius 3 is 2.59 bits per heavy atom. The molecule has 3 aromatic rings. The molecular weight excluding hydrogens is 350 g/mol. The molecule has 0 N–H and O–H groups in total. The quantitative estimate of drug-likeness (QED) is 0.561. The van der Waals surface area contributed by atoms with Gasteiger partial charge in [-0.2, -0.15) is 8.78 Å². The number of pyridine rings is 1. The van der Waals surface area contributed by atoms with Gasteiger partial charge in [0.25, 0.3) is 0 Å². The summed E-state index contributed by atoms with van der Waals surface area (Å²) in [4.78, 5) is 4.03. The number of rotatable bonds is 8. The van der Waals surface area contributed by atoms with Crippen LogP contribution in [0.2, 0.25) is 0 Å². The smallest absolute Gasteiger partial charge is 0.387 e. The van der Waals surface area contributed by atoms with Gasteiger partial charge in [0, 0.05) is 31.3 Å². The molecular formula is C21H20F2N2O2. The van der Waals surface area contributed by atoms with Gasteiger partial charge in [-0.3, -0.25) is 4.98 Å². The Morgan fingerprint density at radius 1 is 1.04 bits per heavy atom. The largest absolute Gasteiger partial charge is 0.489 e. The first-order valence-electron chi connectivity index (χ1n) is 8.94. The standard InChI is InChI=1S/C21H20F2N2O2/c22-21(23)27-19-4-3-16(11-20(19)26-14-15-1-2-15)12-25-10-7-18(13-25)17-5-8-24-9-6-17/h3-11,13,15,21H,1-2,12,14H2. The maximum absolute atomic E-state index is 12.6. The fourth-order valence-corrected chi connectivity index (χ4v) is 2.91. The Morgan fingerprint density at radius 2 is 1.85 bits per heavy atom. The molecule has 1 aliphatic rings. The number of alkyl halides is 2. The maximum atomic E-state index is 12.6. The van der Waals surface area contributed by atoms with Gasteiger partial charge in [0.1, 0.15) is 0 Å². The lowest BCUT2D eigenvalue weighted by molar-refractivity contribution is -0.0515. The van der Waals surface area contributed by atoms with E-state index >= 15 is 0 Å². The highest BCUT2D eigenvalue weighted by molar-refractivity contribution is 5.61. The summed E-state index contributed by atoms with van der Waals surface area (Å²) < 4.78 is 37.7. The van der Waals surface area contributed by atoms with Crippen molar-refractivity contribution in [3.63, 3.8) is 0 Å². The van der Waals surface area contributed by atoms with E-state index in [9.17, 15) is 8.78 Å². The van der Waals surface area contributed by atoms with Crippen LogP contribution in [-0.4, -0.2) is 22.8 Å². The topological polar surface area (TPSA) is 36.3 Å². The lowest BCUT2D eigenvalue weighted by Crippen LogP contribution is -2.07. The highest BCUT2D eigenvalue weighted by atomic mass is 19.3. The highest BCUT2D eigenvalue weighted by Gasteiger charge is 2.23. The van der Waals surface area contributed by atoms with Gasteiger partial charge >= 0.3 is 6.61 Å². The number of halogens is 2. The third-order valence-corrected chi connectivity index (χ3v) is 4.52. The summed E-state index contributed by atoms with van der Waals surface area (Å²) >= 11 is 0. The molecule has 4 rings (SSSR count). The lowest BCUT2D eigenvalue weighted by Gasteiger charge is -2.14. The predicted octanol–water partition coefficient (Wildman–Crippen LogP) is 4.99. The number of aromatic nitrogens is 2. The van der Waals surface area contributed by atoms with Crippen LogP contribution in [0.3, 0.4) is 0 Å². The van der Waals surface area contributed by atoms with Crippen molar-refractivity contribution in [2.24, 2.45) is 5.92 Å². The molecule has 1 saturated carbocycles. The van der Waals surface area contributed by atoms with Crippen LogP contribution in [0.1, 0.15) is 18.4 Å². The highest BCUT2D eigenvalue weighted by Crippen LogP contribution is 2.34. The molecule has 6 heteroatoms. The van der Waals surface area contributed by atoms with Crippen LogP contribution in [0, 0.1) is 5.92 Å². The van der Waals surface area contributed by atoms with Crippen LogP contribution in [0.4, 0.5) is 8.78 Å². The molecule has 27 heavy (non-hydrogen) atoms. The molecule has 2 heterocycles. The average molecular weight is 370 g/mol. The van der Waals surface area contributed by atoms with Crippen molar-refractivity contribution in [2.45, 2.75) is 26.0 Å². The zero-order valence-corrected chi connectivity index (χ0v) is 14.7. The van der Waals surface area contributed by atoms with E-state index in [1.54, 1.807) is 30.6 Å².